The molecule has 0 bridgehead atoms. The highest BCUT2D eigenvalue weighted by molar-refractivity contribution is 7.85. The Morgan fingerprint density at radius 1 is 0.600 bits per heavy atom. The molecule has 0 aliphatic heterocycles. The number of nitriles is 1. The normalized spacial score (nSPS) is 12.2. The van der Waals surface area contributed by atoms with Crippen molar-refractivity contribution < 1.29 is 17.7 Å². The number of nitrogens with zero attached hydrogens (tertiary/aromatic N) is 8. The van der Waals surface area contributed by atoms with Crippen LogP contribution in [0.3, 0.4) is 0 Å². The summed E-state index contributed by atoms with van der Waals surface area (Å²) in [4.78, 5) is 24.7. The van der Waals surface area contributed by atoms with Crippen LogP contribution in [0.2, 0.25) is 20.1 Å². The van der Waals surface area contributed by atoms with Crippen molar-refractivity contribution in [1.82, 2.24) is 28.9 Å². The molecule has 4 heterocycles. The second kappa shape index (κ2) is 23.9. The molecule has 0 unspecified atom stereocenters. The summed E-state index contributed by atoms with van der Waals surface area (Å²) in [5, 5.41) is 15.5. The summed E-state index contributed by atoms with van der Waals surface area (Å²) < 4.78 is 43.5. The molecule has 12 aromatic rings. The Bertz CT molecular complexity index is 4720. The van der Waals surface area contributed by atoms with E-state index in [0.717, 1.165) is 33.0 Å². The first-order chi connectivity index (χ1) is 41.3. The van der Waals surface area contributed by atoms with Gasteiger partial charge in [-0.2, -0.15) is 13.7 Å². The third-order valence-electron chi connectivity index (χ3n) is 14.8. The Labute approximate surface area is 510 Å². The molecule has 8 aromatic carbocycles. The minimum atomic E-state index is -4.23. The fourth-order valence-electron chi connectivity index (χ4n) is 11.2. The van der Waals surface area contributed by atoms with Gasteiger partial charge in [-0.3, -0.25) is 19.5 Å². The van der Waals surface area contributed by atoms with Crippen LogP contribution in [-0.2, 0) is 10.1 Å². The number of aromatic nitrogens is 6. The number of hydrogen-bond donors (Lipinski definition) is 1. The van der Waals surface area contributed by atoms with Gasteiger partial charge in [0.05, 0.1) is 78.3 Å². The van der Waals surface area contributed by atoms with Gasteiger partial charge >= 0.3 is 13.7 Å². The number of fused-ring (bicyclic) bond motifs is 3. The molecule has 0 saturated carbocycles. The molecular weight excluding hydrogens is 1160 g/mol. The van der Waals surface area contributed by atoms with Gasteiger partial charge in [0.25, 0.3) is 10.1 Å². The van der Waals surface area contributed by atoms with Crippen LogP contribution >= 0.6 is 46.4 Å². The molecule has 12 nitrogen and oxygen atoms in total. The maximum absolute atomic E-state index is 12.3. The lowest BCUT2D eigenvalue weighted by Gasteiger charge is -2.25. The summed E-state index contributed by atoms with van der Waals surface area (Å²) in [7, 11) is -4.23. The first-order valence-corrected chi connectivity index (χ1v) is 29.9. The van der Waals surface area contributed by atoms with Gasteiger partial charge in [0, 0.05) is 39.3 Å². The number of rotatable bonds is 15. The zero-order valence-corrected chi connectivity index (χ0v) is 48.9. The third kappa shape index (κ3) is 11.1. The Morgan fingerprint density at radius 2 is 1.04 bits per heavy atom. The van der Waals surface area contributed by atoms with E-state index in [1.807, 2.05) is 110 Å². The molecule has 412 valence electrons. The van der Waals surface area contributed by atoms with E-state index in [1.54, 1.807) is 48.8 Å². The van der Waals surface area contributed by atoms with Crippen molar-refractivity contribution in [2.24, 2.45) is 0 Å². The van der Waals surface area contributed by atoms with Gasteiger partial charge in [-0.05, 0) is 73.0 Å². The Hall–Kier alpha value is -9.02. The lowest BCUT2D eigenvalue weighted by Crippen LogP contribution is -2.54. The van der Waals surface area contributed by atoms with Gasteiger partial charge in [-0.15, -0.1) is 0 Å². The highest BCUT2D eigenvalue weighted by Crippen LogP contribution is 2.39. The van der Waals surface area contributed by atoms with E-state index in [9.17, 15) is 24.8 Å². The molecule has 0 aliphatic carbocycles. The molecule has 0 fully saturated rings. The number of halogens is 4. The van der Waals surface area contributed by atoms with E-state index in [1.165, 1.54) is 0 Å². The molecule has 0 amide bonds. The Balaban J connectivity index is 1.40. The van der Waals surface area contributed by atoms with Crippen LogP contribution in [0, 0.1) is 24.8 Å². The van der Waals surface area contributed by atoms with Crippen molar-refractivity contribution in [3.05, 3.63) is 266 Å². The summed E-state index contributed by atoms with van der Waals surface area (Å²) >= 11 is 26.6. The molecule has 19 heteroatoms. The van der Waals surface area contributed by atoms with Crippen molar-refractivity contribution in [1.29, 1.82) is 5.26 Å². The fourth-order valence-corrected chi connectivity index (χ4v) is 12.3. The Kier molecular flexibility index (Phi) is 15.9. The van der Waals surface area contributed by atoms with Gasteiger partial charge in [0.2, 0.25) is 5.70 Å². The average molecular weight is 1210 g/mol. The lowest BCUT2D eigenvalue weighted by atomic mass is 9.50. The van der Waals surface area contributed by atoms with Gasteiger partial charge in [0.15, 0.2) is 0 Å². The van der Waals surface area contributed by atoms with E-state index in [0.29, 0.717) is 76.3 Å². The highest BCUT2D eigenvalue weighted by Gasteiger charge is 2.37. The summed E-state index contributed by atoms with van der Waals surface area (Å²) in [6.45, 7) is 10.3. The third-order valence-corrected chi connectivity index (χ3v) is 17.1. The van der Waals surface area contributed by atoms with Crippen LogP contribution in [0.25, 0.3) is 71.5 Å². The minimum Gasteiger partial charge on any atom is -0.494 e. The van der Waals surface area contributed by atoms with Crippen LogP contribution in [0.1, 0.15) is 23.4 Å². The van der Waals surface area contributed by atoms with Crippen LogP contribution in [-0.4, -0.2) is 67.9 Å². The molecule has 0 radical (unpaired) electrons. The van der Waals surface area contributed by atoms with E-state index >= 15 is 0 Å². The minimum absolute atomic E-state index is 0.000619. The van der Waals surface area contributed by atoms with E-state index in [2.05, 4.69) is 74.5 Å². The monoisotopic (exact) mass is 1210 g/mol. The van der Waals surface area contributed by atoms with E-state index < -0.39 is 29.6 Å². The van der Waals surface area contributed by atoms with Crippen LogP contribution in [0.15, 0.2) is 207 Å². The molecule has 0 aliphatic rings. The van der Waals surface area contributed by atoms with E-state index in [-0.39, 0.29) is 45.7 Å². The number of benzene rings is 8. The standard InChI is InChI=1S/C66H44B2Cl4N8O4S/c1-41-18-15-16-27-48(41)64-61-60(65(49(38-73)58-39-75-54-34-50(69)52(71)36-56(54)77-58)80(64)68(45-23-11-5-12-24-45)46-25-13-6-14-26-46)63(42-28-30-47(31-29-42)84-32-17-33-85(81,82)83)79(67(43-19-7-3-8-20-43)44-21-9-4-10-22-44)66(61)62(74-2)59-40-76-55-35-51(70)53(72)37-57(55)78-59/h3-16,18-31,34-37,39-40H,17,32-33H2,1H3,(H,81,82,83)/b65-49-,66-62+. The zero-order chi connectivity index (χ0) is 58.9. The molecule has 0 atom stereocenters. The summed E-state index contributed by atoms with van der Waals surface area (Å²) in [6.07, 6.45) is 3.19. The maximum Gasteiger partial charge on any atom is 0.328 e. The number of ether oxygens (including phenoxy) is 1. The number of hydrogen-bond acceptors (Lipinski definition) is 8. The van der Waals surface area contributed by atoms with Crippen molar-refractivity contribution in [3.8, 4) is 34.3 Å². The second-order valence-electron chi connectivity index (χ2n) is 20.1. The molecule has 0 saturated heterocycles. The first kappa shape index (κ1) is 56.5. The first-order valence-electron chi connectivity index (χ1n) is 26.8. The van der Waals surface area contributed by atoms with Crippen LogP contribution in [0.4, 0.5) is 0 Å². The summed E-state index contributed by atoms with van der Waals surface area (Å²) in [5.74, 6) is -0.0473. The van der Waals surface area contributed by atoms with Gasteiger partial charge in [-0.1, -0.05) is 214 Å². The molecule has 4 aromatic heterocycles. The molecule has 1 N–H and O–H groups in total. The molecular formula is C66H44B2Cl4N8O4S. The van der Waals surface area contributed by atoms with Gasteiger partial charge in [-0.25, -0.2) is 9.83 Å². The largest absolute Gasteiger partial charge is 0.494 e. The maximum atomic E-state index is 12.3. The average Bonchev–Trinajstić information content (AvgIpc) is 1.56. The highest BCUT2D eigenvalue weighted by atomic mass is 35.5. The predicted octanol–water partition coefficient (Wildman–Crippen LogP) is 11.3. The van der Waals surface area contributed by atoms with Crippen molar-refractivity contribution in [2.75, 3.05) is 12.4 Å². The summed E-state index contributed by atoms with van der Waals surface area (Å²) in [6, 6.07) is 64.9. The summed E-state index contributed by atoms with van der Waals surface area (Å²) in [5.41, 5.74) is 9.52. The smallest absolute Gasteiger partial charge is 0.328 e. The van der Waals surface area contributed by atoms with Crippen molar-refractivity contribution in [3.63, 3.8) is 0 Å². The van der Waals surface area contributed by atoms with Crippen molar-refractivity contribution >= 4 is 136 Å². The zero-order valence-electron chi connectivity index (χ0n) is 45.1. The van der Waals surface area contributed by atoms with Crippen LogP contribution in [0.5, 0.6) is 5.75 Å². The SMILES string of the molecule is [C-]#[N+]/C(c1cnc2cc(Cl)c(Cl)cc2n1)=c1\c2c(-c3ccccc3C)n(B(c3ccccc3)c3ccccc3)/c(=C(/C#N)c3cnc4cc(Cl)c(Cl)cc4n3)c2c(-c2ccc(OCCCS(=O)(=O)O)cc2)n1B(c1ccccc1)c1ccccc1. The van der Waals surface area contributed by atoms with Gasteiger partial charge < -0.3 is 13.7 Å². The van der Waals surface area contributed by atoms with Crippen molar-refractivity contribution in [2.45, 2.75) is 13.3 Å². The van der Waals surface area contributed by atoms with Gasteiger partial charge in [0.1, 0.15) is 23.1 Å². The Morgan fingerprint density at radius 3 is 1.51 bits per heavy atom. The predicted molar refractivity (Wildman–Crippen MR) is 344 cm³/mol. The van der Waals surface area contributed by atoms with E-state index in [4.69, 9.17) is 71.1 Å². The second-order valence-corrected chi connectivity index (χ2v) is 23.3. The van der Waals surface area contributed by atoms with Crippen LogP contribution < -0.4 is 37.3 Å². The quantitative estimate of drug-likeness (QED) is 0.0457. The fraction of sp³-hybridized carbons (Fsp3) is 0.0606. The molecule has 0 spiro atoms. The number of aryl methyl sites for hydroxylation is 1. The molecule has 85 heavy (non-hydrogen) atoms. The molecule has 12 rings (SSSR count). The topological polar surface area (TPSA) is 153 Å². The lowest BCUT2D eigenvalue weighted by molar-refractivity contribution is 0.316.